The minimum Gasteiger partial charge on any atom is -0.489 e. The second-order valence-corrected chi connectivity index (χ2v) is 7.09. The van der Waals surface area contributed by atoms with Crippen LogP contribution in [0.25, 0.3) is 0 Å². The van der Waals surface area contributed by atoms with Crippen molar-refractivity contribution in [2.75, 3.05) is 5.32 Å². The molecule has 0 saturated heterocycles. The van der Waals surface area contributed by atoms with Crippen molar-refractivity contribution < 1.29 is 27.5 Å². The van der Waals surface area contributed by atoms with Crippen LogP contribution < -0.4 is 15.5 Å². The van der Waals surface area contributed by atoms with Gasteiger partial charge < -0.3 is 10.1 Å². The molecule has 3 aromatic rings. The van der Waals surface area contributed by atoms with Crippen molar-refractivity contribution in [2.45, 2.75) is 12.8 Å². The third kappa shape index (κ3) is 7.08. The Hall–Kier alpha value is -3.85. The highest BCUT2D eigenvalue weighted by atomic mass is 35.5. The fourth-order valence-corrected chi connectivity index (χ4v) is 2.79. The van der Waals surface area contributed by atoms with Crippen LogP contribution >= 0.6 is 11.6 Å². The van der Waals surface area contributed by atoms with Gasteiger partial charge >= 0.3 is 18.0 Å². The average molecular weight is 476 g/mol. The number of rotatable bonds is 6. The van der Waals surface area contributed by atoms with E-state index in [9.17, 15) is 22.8 Å². The van der Waals surface area contributed by atoms with Gasteiger partial charge in [-0.1, -0.05) is 35.9 Å². The smallest absolute Gasteiger partial charge is 0.416 e. The molecule has 0 radical (unpaired) electrons. The lowest BCUT2D eigenvalue weighted by Gasteiger charge is -2.09. The number of hydrogen-bond donors (Lipinski definition) is 2. The van der Waals surface area contributed by atoms with Crippen molar-refractivity contribution in [2.24, 2.45) is 5.10 Å². The molecule has 0 heterocycles. The number of hydrazone groups is 1. The molecule has 0 unspecified atom stereocenters. The summed E-state index contributed by atoms with van der Waals surface area (Å²) in [6.07, 6.45) is -3.27. The summed E-state index contributed by atoms with van der Waals surface area (Å²) in [4.78, 5) is 23.7. The van der Waals surface area contributed by atoms with Gasteiger partial charge in [-0.2, -0.15) is 18.3 Å². The van der Waals surface area contributed by atoms with Gasteiger partial charge in [-0.05, 0) is 54.1 Å². The van der Waals surface area contributed by atoms with Gasteiger partial charge in [0.2, 0.25) is 0 Å². The zero-order chi connectivity index (χ0) is 23.8. The number of amides is 2. The van der Waals surface area contributed by atoms with Gasteiger partial charge in [-0.15, -0.1) is 0 Å². The summed E-state index contributed by atoms with van der Waals surface area (Å²) in [5.41, 5.74) is 2.36. The number of nitrogens with zero attached hydrogens (tertiary/aromatic N) is 1. The lowest BCUT2D eigenvalue weighted by atomic mass is 10.2. The molecular formula is C23H17ClF3N3O3. The third-order valence-electron chi connectivity index (χ3n) is 4.27. The molecule has 0 aliphatic carbocycles. The van der Waals surface area contributed by atoms with E-state index in [2.05, 4.69) is 10.4 Å². The monoisotopic (exact) mass is 475 g/mol. The molecule has 2 amide bonds. The van der Waals surface area contributed by atoms with Crippen molar-refractivity contribution in [3.63, 3.8) is 0 Å². The van der Waals surface area contributed by atoms with Crippen LogP contribution in [0.3, 0.4) is 0 Å². The van der Waals surface area contributed by atoms with Crippen molar-refractivity contribution in [1.82, 2.24) is 5.43 Å². The second-order valence-electron chi connectivity index (χ2n) is 6.68. The van der Waals surface area contributed by atoms with Crippen molar-refractivity contribution in [3.8, 4) is 5.75 Å². The standard InChI is InChI=1S/C23H17ClF3N3O3/c24-20-7-2-1-4-16(20)14-33-19-10-8-15(9-11-19)13-28-30-22(32)21(31)29-18-6-3-5-17(12-18)23(25,26)27/h1-13H,14H2,(H,29,31)(H,30,32). The molecule has 10 heteroatoms. The number of anilines is 1. The van der Waals surface area contributed by atoms with Crippen LogP contribution in [-0.4, -0.2) is 18.0 Å². The molecular weight excluding hydrogens is 459 g/mol. The first kappa shape index (κ1) is 23.8. The fourth-order valence-electron chi connectivity index (χ4n) is 2.60. The van der Waals surface area contributed by atoms with Gasteiger partial charge in [0.1, 0.15) is 12.4 Å². The van der Waals surface area contributed by atoms with Crippen LogP contribution in [0.5, 0.6) is 5.75 Å². The number of halogens is 4. The maximum absolute atomic E-state index is 12.7. The number of alkyl halides is 3. The van der Waals surface area contributed by atoms with Crippen molar-refractivity contribution >= 4 is 35.3 Å². The Labute approximate surface area is 192 Å². The van der Waals surface area contributed by atoms with Crippen LogP contribution in [0.15, 0.2) is 77.9 Å². The van der Waals surface area contributed by atoms with Crippen molar-refractivity contribution in [1.29, 1.82) is 0 Å². The number of carbonyl (C=O) groups excluding carboxylic acids is 2. The van der Waals surface area contributed by atoms with E-state index in [1.54, 1.807) is 30.3 Å². The first-order valence-electron chi connectivity index (χ1n) is 9.50. The largest absolute Gasteiger partial charge is 0.489 e. The van der Waals surface area contributed by atoms with E-state index in [0.717, 1.165) is 23.8 Å². The maximum Gasteiger partial charge on any atom is 0.416 e. The molecule has 6 nitrogen and oxygen atoms in total. The summed E-state index contributed by atoms with van der Waals surface area (Å²) in [6.45, 7) is 0.296. The zero-order valence-corrected chi connectivity index (χ0v) is 17.7. The quantitative estimate of drug-likeness (QED) is 0.298. The van der Waals surface area contributed by atoms with Crippen LogP contribution in [0, 0.1) is 0 Å². The Balaban J connectivity index is 1.49. The molecule has 0 aliphatic heterocycles. The fraction of sp³-hybridized carbons (Fsp3) is 0.0870. The van der Waals surface area contributed by atoms with Gasteiger partial charge in [0, 0.05) is 16.3 Å². The van der Waals surface area contributed by atoms with E-state index >= 15 is 0 Å². The Morgan fingerprint density at radius 3 is 2.39 bits per heavy atom. The minimum absolute atomic E-state index is 0.165. The number of nitrogens with one attached hydrogen (secondary N) is 2. The van der Waals surface area contributed by atoms with Gasteiger partial charge in [-0.3, -0.25) is 9.59 Å². The van der Waals surface area contributed by atoms with E-state index in [4.69, 9.17) is 16.3 Å². The van der Waals surface area contributed by atoms with E-state index in [1.807, 2.05) is 23.6 Å². The Kier molecular flexibility index (Phi) is 7.68. The molecule has 0 fully saturated rings. The van der Waals surface area contributed by atoms with Gasteiger partial charge in [0.25, 0.3) is 0 Å². The van der Waals surface area contributed by atoms with Crippen LogP contribution in [0.4, 0.5) is 18.9 Å². The summed E-state index contributed by atoms with van der Waals surface area (Å²) in [6, 6.07) is 18.0. The van der Waals surface area contributed by atoms with Crippen LogP contribution in [0.2, 0.25) is 5.02 Å². The van der Waals surface area contributed by atoms with Crippen LogP contribution in [0.1, 0.15) is 16.7 Å². The van der Waals surface area contributed by atoms with E-state index in [0.29, 0.717) is 22.9 Å². The average Bonchev–Trinajstić information content (AvgIpc) is 2.79. The Bertz CT molecular complexity index is 1170. The number of hydrogen-bond acceptors (Lipinski definition) is 4. The molecule has 2 N–H and O–H groups in total. The van der Waals surface area contributed by atoms with Gasteiger partial charge in [0.15, 0.2) is 0 Å². The molecule has 0 aliphatic rings. The summed E-state index contributed by atoms with van der Waals surface area (Å²) < 4.78 is 43.9. The SMILES string of the molecule is O=C(NN=Cc1ccc(OCc2ccccc2Cl)cc1)C(=O)Nc1cccc(C(F)(F)F)c1. The number of ether oxygens (including phenoxy) is 1. The molecule has 170 valence electrons. The Morgan fingerprint density at radius 2 is 1.70 bits per heavy atom. The molecule has 3 rings (SSSR count). The van der Waals surface area contributed by atoms with E-state index in [1.165, 1.54) is 12.3 Å². The molecule has 33 heavy (non-hydrogen) atoms. The summed E-state index contributed by atoms with van der Waals surface area (Å²) in [5, 5.41) is 6.37. The maximum atomic E-state index is 12.7. The first-order valence-corrected chi connectivity index (χ1v) is 9.88. The number of carbonyl (C=O) groups is 2. The van der Waals surface area contributed by atoms with Gasteiger partial charge in [-0.25, -0.2) is 5.43 Å². The molecule has 0 bridgehead atoms. The first-order chi connectivity index (χ1) is 15.7. The van der Waals surface area contributed by atoms with Crippen molar-refractivity contribution in [3.05, 3.63) is 94.5 Å². The summed E-state index contributed by atoms with van der Waals surface area (Å²) >= 11 is 6.09. The topological polar surface area (TPSA) is 79.8 Å². The molecule has 0 saturated carbocycles. The van der Waals surface area contributed by atoms with E-state index in [-0.39, 0.29) is 5.69 Å². The third-order valence-corrected chi connectivity index (χ3v) is 4.63. The highest BCUT2D eigenvalue weighted by Crippen LogP contribution is 2.30. The molecule has 0 atom stereocenters. The van der Waals surface area contributed by atoms with Crippen LogP contribution in [-0.2, 0) is 22.4 Å². The lowest BCUT2D eigenvalue weighted by molar-refractivity contribution is -0.137. The second kappa shape index (κ2) is 10.6. The molecule has 3 aromatic carbocycles. The summed E-state index contributed by atoms with van der Waals surface area (Å²) in [5.74, 6) is -1.70. The number of benzene rings is 3. The lowest BCUT2D eigenvalue weighted by Crippen LogP contribution is -2.32. The minimum atomic E-state index is -4.57. The summed E-state index contributed by atoms with van der Waals surface area (Å²) in [7, 11) is 0. The molecule has 0 spiro atoms. The van der Waals surface area contributed by atoms with E-state index < -0.39 is 23.6 Å². The highest BCUT2D eigenvalue weighted by Gasteiger charge is 2.30. The zero-order valence-electron chi connectivity index (χ0n) is 16.9. The highest BCUT2D eigenvalue weighted by molar-refractivity contribution is 6.39. The predicted molar refractivity (Wildman–Crippen MR) is 118 cm³/mol. The normalized spacial score (nSPS) is 11.3. The Morgan fingerprint density at radius 1 is 0.970 bits per heavy atom. The predicted octanol–water partition coefficient (Wildman–Crippen LogP) is 5.03. The molecule has 0 aromatic heterocycles. The van der Waals surface area contributed by atoms with Gasteiger partial charge in [0.05, 0.1) is 11.8 Å².